The van der Waals surface area contributed by atoms with Crippen molar-refractivity contribution < 1.29 is 19.4 Å². The third-order valence-electron chi connectivity index (χ3n) is 7.65. The molecule has 2 aromatic heterocycles. The van der Waals surface area contributed by atoms with E-state index in [0.717, 1.165) is 97.2 Å². The molecule has 3 aliphatic rings. The number of aryl methyl sites for hydroxylation is 1. The van der Waals surface area contributed by atoms with Crippen molar-refractivity contribution in [3.8, 4) is 28.3 Å². The van der Waals surface area contributed by atoms with Crippen LogP contribution >= 0.6 is 0 Å². The Morgan fingerprint density at radius 1 is 1.19 bits per heavy atom. The van der Waals surface area contributed by atoms with Crippen LogP contribution in [0.4, 0.5) is 0 Å². The topological polar surface area (TPSA) is 114 Å². The van der Waals surface area contributed by atoms with Gasteiger partial charge in [0.1, 0.15) is 12.4 Å². The second-order valence-electron chi connectivity index (χ2n) is 10.2. The molecule has 188 valence electrons. The minimum Gasteiger partial charge on any atom is -0.492 e. The van der Waals surface area contributed by atoms with Crippen LogP contribution in [0.2, 0.25) is 0 Å². The van der Waals surface area contributed by atoms with Gasteiger partial charge in [0.15, 0.2) is 0 Å². The molecule has 1 saturated carbocycles. The Labute approximate surface area is 210 Å². The Hall–Kier alpha value is -3.20. The third kappa shape index (κ3) is 4.64. The van der Waals surface area contributed by atoms with Gasteiger partial charge in [-0.1, -0.05) is 0 Å². The molecule has 8 heteroatoms. The molecule has 0 unspecified atom stereocenters. The number of aromatic nitrogens is 2. The van der Waals surface area contributed by atoms with E-state index < -0.39 is 5.97 Å². The van der Waals surface area contributed by atoms with Crippen molar-refractivity contribution in [1.82, 2.24) is 14.9 Å². The Morgan fingerprint density at radius 2 is 1.97 bits per heavy atom. The predicted molar refractivity (Wildman–Crippen MR) is 136 cm³/mol. The smallest absolute Gasteiger partial charge is 0.337 e. The number of nitrogens with zero attached hydrogens (tertiary/aromatic N) is 2. The minimum absolute atomic E-state index is 0.268. The normalized spacial score (nSPS) is 18.4. The van der Waals surface area contributed by atoms with E-state index >= 15 is 0 Å². The SMILES string of the molecule is NC1(Cc2[nH]c3c(c2C(=O)O)CCc2cnc(-c4ccc(OCCN5CCOCC5)cc4)cc2-3)CC1. The summed E-state index contributed by atoms with van der Waals surface area (Å²) in [7, 11) is 0. The molecule has 1 saturated heterocycles. The highest BCUT2D eigenvalue weighted by atomic mass is 16.5. The predicted octanol–water partition coefficient (Wildman–Crippen LogP) is 3.29. The number of carboxylic acid groups (broad SMARTS) is 1. The molecule has 1 aliphatic heterocycles. The molecule has 2 aliphatic carbocycles. The summed E-state index contributed by atoms with van der Waals surface area (Å²) in [6.07, 6.45) is 5.83. The third-order valence-corrected chi connectivity index (χ3v) is 7.65. The summed E-state index contributed by atoms with van der Waals surface area (Å²) in [4.78, 5) is 22.7. The highest BCUT2D eigenvalue weighted by Crippen LogP contribution is 2.41. The summed E-state index contributed by atoms with van der Waals surface area (Å²) in [5.41, 5.74) is 13.0. The van der Waals surface area contributed by atoms with Crippen molar-refractivity contribution >= 4 is 5.97 Å². The van der Waals surface area contributed by atoms with Gasteiger partial charge in [0, 0.05) is 54.6 Å². The van der Waals surface area contributed by atoms with Crippen LogP contribution in [0.25, 0.3) is 22.5 Å². The van der Waals surface area contributed by atoms with Crippen LogP contribution in [-0.2, 0) is 24.0 Å². The number of hydrogen-bond acceptors (Lipinski definition) is 6. The van der Waals surface area contributed by atoms with Gasteiger partial charge >= 0.3 is 5.97 Å². The monoisotopic (exact) mass is 488 g/mol. The highest BCUT2D eigenvalue weighted by molar-refractivity contribution is 5.95. The number of benzene rings is 1. The molecule has 0 amide bonds. The number of pyridine rings is 1. The van der Waals surface area contributed by atoms with Crippen LogP contribution in [0.3, 0.4) is 0 Å². The molecule has 4 N–H and O–H groups in total. The number of rotatable bonds is 8. The Morgan fingerprint density at radius 3 is 2.69 bits per heavy atom. The molecular formula is C28H32N4O4. The fraction of sp³-hybridized carbons (Fsp3) is 0.429. The van der Waals surface area contributed by atoms with Crippen LogP contribution in [0.15, 0.2) is 36.5 Å². The average molecular weight is 489 g/mol. The van der Waals surface area contributed by atoms with Gasteiger partial charge < -0.3 is 25.3 Å². The van der Waals surface area contributed by atoms with Crippen LogP contribution in [-0.4, -0.2) is 70.9 Å². The standard InChI is InChI=1S/C28H32N4O4/c29-28(7-8-28)16-24-25(27(33)34)21-6-3-19-17-30-23(15-22(19)26(21)31-24)18-1-4-20(5-2-18)36-14-11-32-9-12-35-13-10-32/h1-2,4-5,15,17,31H,3,6-14,16,29H2,(H,33,34). The number of carboxylic acids is 1. The lowest BCUT2D eigenvalue weighted by molar-refractivity contribution is 0.0322. The van der Waals surface area contributed by atoms with Crippen molar-refractivity contribution in [3.63, 3.8) is 0 Å². The molecule has 2 fully saturated rings. The molecule has 36 heavy (non-hydrogen) atoms. The summed E-state index contributed by atoms with van der Waals surface area (Å²) in [6, 6.07) is 10.1. The summed E-state index contributed by atoms with van der Waals surface area (Å²) in [6.45, 7) is 5.03. The number of carbonyl (C=O) groups is 1. The van der Waals surface area contributed by atoms with E-state index in [0.29, 0.717) is 25.0 Å². The second-order valence-corrected chi connectivity index (χ2v) is 10.2. The maximum absolute atomic E-state index is 12.2. The van der Waals surface area contributed by atoms with Crippen LogP contribution < -0.4 is 10.5 Å². The number of nitrogens with two attached hydrogens (primary N) is 1. The average Bonchev–Trinajstić information content (AvgIpc) is 3.49. The fourth-order valence-electron chi connectivity index (χ4n) is 5.33. The summed E-state index contributed by atoms with van der Waals surface area (Å²) in [5.74, 6) is -0.0446. The van der Waals surface area contributed by atoms with Crippen molar-refractivity contribution in [2.45, 2.75) is 37.6 Å². The minimum atomic E-state index is -0.881. The zero-order valence-electron chi connectivity index (χ0n) is 20.4. The molecule has 0 bridgehead atoms. The van der Waals surface area contributed by atoms with Gasteiger partial charge in [0.2, 0.25) is 0 Å². The fourth-order valence-corrected chi connectivity index (χ4v) is 5.33. The highest BCUT2D eigenvalue weighted by Gasteiger charge is 2.40. The number of H-pyrrole nitrogens is 1. The van der Waals surface area contributed by atoms with Gasteiger partial charge in [0.25, 0.3) is 0 Å². The first-order chi connectivity index (χ1) is 17.5. The first-order valence-electron chi connectivity index (χ1n) is 12.8. The lowest BCUT2D eigenvalue weighted by Gasteiger charge is -2.26. The van der Waals surface area contributed by atoms with E-state index in [1.165, 1.54) is 0 Å². The van der Waals surface area contributed by atoms with Gasteiger partial charge in [-0.05, 0) is 67.1 Å². The van der Waals surface area contributed by atoms with E-state index in [-0.39, 0.29) is 5.54 Å². The number of aromatic carboxylic acids is 1. The van der Waals surface area contributed by atoms with Gasteiger partial charge in [-0.25, -0.2) is 4.79 Å². The number of aromatic amines is 1. The molecule has 0 spiro atoms. The zero-order valence-corrected chi connectivity index (χ0v) is 20.4. The Kier molecular flexibility index (Phi) is 6.03. The van der Waals surface area contributed by atoms with Gasteiger partial charge in [-0.2, -0.15) is 0 Å². The van der Waals surface area contributed by atoms with Crippen molar-refractivity contribution in [3.05, 3.63) is 58.9 Å². The quantitative estimate of drug-likeness (QED) is 0.446. The van der Waals surface area contributed by atoms with E-state index in [4.69, 9.17) is 20.2 Å². The van der Waals surface area contributed by atoms with E-state index in [1.54, 1.807) is 0 Å². The van der Waals surface area contributed by atoms with Gasteiger partial charge in [-0.3, -0.25) is 9.88 Å². The number of hydrogen-bond donors (Lipinski definition) is 3. The largest absolute Gasteiger partial charge is 0.492 e. The number of fused-ring (bicyclic) bond motifs is 3. The molecule has 3 aromatic rings. The molecule has 0 radical (unpaired) electrons. The maximum atomic E-state index is 12.2. The first kappa shape index (κ1) is 23.2. The Balaban J connectivity index is 1.22. The van der Waals surface area contributed by atoms with Gasteiger partial charge in [0.05, 0.1) is 30.2 Å². The van der Waals surface area contributed by atoms with Crippen LogP contribution in [0, 0.1) is 0 Å². The van der Waals surface area contributed by atoms with Crippen molar-refractivity contribution in [2.75, 3.05) is 39.5 Å². The molecule has 3 heterocycles. The summed E-state index contributed by atoms with van der Waals surface area (Å²) >= 11 is 0. The van der Waals surface area contributed by atoms with Crippen molar-refractivity contribution in [1.29, 1.82) is 0 Å². The van der Waals surface area contributed by atoms with Gasteiger partial charge in [-0.15, -0.1) is 0 Å². The number of ether oxygens (including phenoxy) is 2. The van der Waals surface area contributed by atoms with E-state index in [1.807, 2.05) is 30.5 Å². The van der Waals surface area contributed by atoms with Crippen LogP contribution in [0.1, 0.15) is 40.0 Å². The lowest BCUT2D eigenvalue weighted by atomic mass is 9.88. The van der Waals surface area contributed by atoms with E-state index in [9.17, 15) is 9.90 Å². The Bertz CT molecular complexity index is 1270. The second kappa shape index (κ2) is 9.35. The molecule has 6 rings (SSSR count). The molecular weight excluding hydrogens is 456 g/mol. The molecule has 0 atom stereocenters. The van der Waals surface area contributed by atoms with Crippen molar-refractivity contribution in [2.24, 2.45) is 5.73 Å². The first-order valence-corrected chi connectivity index (χ1v) is 12.8. The zero-order chi connectivity index (χ0) is 24.7. The molecule has 8 nitrogen and oxygen atoms in total. The lowest BCUT2D eigenvalue weighted by Crippen LogP contribution is -2.38. The summed E-state index contributed by atoms with van der Waals surface area (Å²) in [5, 5.41) is 9.98. The molecule has 1 aromatic carbocycles. The maximum Gasteiger partial charge on any atom is 0.337 e. The number of nitrogens with one attached hydrogen (secondary N) is 1. The van der Waals surface area contributed by atoms with E-state index in [2.05, 4.69) is 16.0 Å². The summed E-state index contributed by atoms with van der Waals surface area (Å²) < 4.78 is 11.3. The van der Waals surface area contributed by atoms with Crippen LogP contribution in [0.5, 0.6) is 5.75 Å². The number of morpholine rings is 1.